The summed E-state index contributed by atoms with van der Waals surface area (Å²) in [4.78, 5) is 2.78. The molecule has 0 amide bonds. The van der Waals surface area contributed by atoms with Crippen molar-refractivity contribution < 1.29 is 5.11 Å². The van der Waals surface area contributed by atoms with E-state index in [0.717, 1.165) is 25.3 Å². The molecule has 2 aliphatic heterocycles. The van der Waals surface area contributed by atoms with Crippen molar-refractivity contribution in [3.05, 3.63) is 0 Å². The van der Waals surface area contributed by atoms with Gasteiger partial charge in [0.05, 0.1) is 6.10 Å². The van der Waals surface area contributed by atoms with Crippen LogP contribution in [0.25, 0.3) is 0 Å². The molecule has 3 N–H and O–H groups in total. The highest BCUT2D eigenvalue weighted by atomic mass is 16.3. The number of nitrogens with zero attached hydrogens (tertiary/aromatic N) is 1. The fourth-order valence-electron chi connectivity index (χ4n) is 4.78. The largest absolute Gasteiger partial charge is 0.393 e. The molecule has 2 heterocycles. The lowest BCUT2D eigenvalue weighted by atomic mass is 9.77. The van der Waals surface area contributed by atoms with Gasteiger partial charge in [-0.15, -0.1) is 0 Å². The van der Waals surface area contributed by atoms with Crippen LogP contribution in [0, 0.1) is 11.8 Å². The molecule has 1 aliphatic carbocycles. The second-order valence-electron chi connectivity index (χ2n) is 6.94. The second-order valence-corrected chi connectivity index (χ2v) is 6.94. The molecule has 3 aliphatic rings. The van der Waals surface area contributed by atoms with E-state index in [9.17, 15) is 5.11 Å². The van der Waals surface area contributed by atoms with Gasteiger partial charge in [0.15, 0.2) is 0 Å². The number of nitrogens with two attached hydrogens (primary N) is 1. The average molecular weight is 252 g/mol. The third-order valence-corrected chi connectivity index (χ3v) is 5.67. The highest BCUT2D eigenvalue weighted by molar-refractivity contribution is 5.01. The molecule has 5 unspecified atom stereocenters. The highest BCUT2D eigenvalue weighted by Crippen LogP contribution is 2.42. The first-order valence-corrected chi connectivity index (χ1v) is 7.84. The Balaban J connectivity index is 1.76. The monoisotopic (exact) mass is 252 g/mol. The van der Waals surface area contributed by atoms with Gasteiger partial charge in [0.25, 0.3) is 0 Å². The van der Waals surface area contributed by atoms with E-state index in [1.165, 1.54) is 32.1 Å². The number of piperidine rings is 1. The normalized spacial score (nSPS) is 49.5. The third-order valence-electron chi connectivity index (χ3n) is 5.67. The summed E-state index contributed by atoms with van der Waals surface area (Å²) in [6, 6.07) is 1.98. The first-order valence-electron chi connectivity index (χ1n) is 7.84. The van der Waals surface area contributed by atoms with Crippen LogP contribution in [-0.2, 0) is 0 Å². The zero-order chi connectivity index (χ0) is 12.7. The van der Waals surface area contributed by atoms with Gasteiger partial charge >= 0.3 is 0 Å². The molecule has 0 aromatic carbocycles. The van der Waals surface area contributed by atoms with Gasteiger partial charge in [-0.25, -0.2) is 0 Å². The molecule has 0 aromatic rings. The topological polar surface area (TPSA) is 49.5 Å². The number of hydrogen-bond acceptors (Lipinski definition) is 3. The summed E-state index contributed by atoms with van der Waals surface area (Å²) in [5, 5.41) is 9.93. The number of aliphatic hydroxyl groups is 1. The van der Waals surface area contributed by atoms with E-state index < -0.39 is 0 Å². The first-order chi connectivity index (χ1) is 8.69. The molecule has 0 radical (unpaired) electrons. The summed E-state index contributed by atoms with van der Waals surface area (Å²) >= 11 is 0. The Bertz CT molecular complexity index is 282. The summed E-state index contributed by atoms with van der Waals surface area (Å²) < 4.78 is 0. The quantitative estimate of drug-likeness (QED) is 0.787. The maximum Gasteiger partial charge on any atom is 0.0570 e. The van der Waals surface area contributed by atoms with Crippen molar-refractivity contribution >= 4 is 0 Å². The summed E-state index contributed by atoms with van der Waals surface area (Å²) in [6.07, 6.45) is 8.53. The lowest BCUT2D eigenvalue weighted by Gasteiger charge is -2.48. The van der Waals surface area contributed by atoms with E-state index in [1.807, 2.05) is 0 Å². The Morgan fingerprint density at radius 3 is 2.33 bits per heavy atom. The Morgan fingerprint density at radius 1 is 1.06 bits per heavy atom. The number of rotatable bonds is 2. The van der Waals surface area contributed by atoms with Crippen LogP contribution in [0.2, 0.25) is 0 Å². The Kier molecular flexibility index (Phi) is 3.65. The molecule has 1 saturated carbocycles. The van der Waals surface area contributed by atoms with Crippen LogP contribution in [0.1, 0.15) is 51.9 Å². The van der Waals surface area contributed by atoms with Crippen molar-refractivity contribution in [2.24, 2.45) is 17.6 Å². The summed E-state index contributed by atoms with van der Waals surface area (Å²) in [7, 11) is 0. The minimum absolute atomic E-state index is 0.0453. The van der Waals surface area contributed by atoms with Crippen molar-refractivity contribution in [3.63, 3.8) is 0 Å². The standard InChI is InChI=1S/C15H28N2O/c1-10-2-3-11(9-16)15(6-10)17-12-4-5-13(17)8-14(18)7-12/h10-15,18H,2-9,16H2,1H3. The van der Waals surface area contributed by atoms with Crippen LogP contribution in [0.15, 0.2) is 0 Å². The SMILES string of the molecule is CC1CCC(CN)C(N2C3CCC2CC(O)C3)C1. The van der Waals surface area contributed by atoms with Gasteiger partial charge in [-0.05, 0) is 56.9 Å². The molecular weight excluding hydrogens is 224 g/mol. The summed E-state index contributed by atoms with van der Waals surface area (Å²) in [5.74, 6) is 1.54. The van der Waals surface area contributed by atoms with E-state index in [4.69, 9.17) is 5.73 Å². The second kappa shape index (κ2) is 5.10. The molecule has 2 saturated heterocycles. The van der Waals surface area contributed by atoms with Crippen molar-refractivity contribution in [2.45, 2.75) is 76.1 Å². The number of aliphatic hydroxyl groups excluding tert-OH is 1. The third kappa shape index (κ3) is 2.21. The molecule has 3 nitrogen and oxygen atoms in total. The predicted octanol–water partition coefficient (Wildman–Crippen LogP) is 1.74. The van der Waals surface area contributed by atoms with E-state index in [2.05, 4.69) is 11.8 Å². The van der Waals surface area contributed by atoms with E-state index >= 15 is 0 Å². The molecular formula is C15H28N2O. The van der Waals surface area contributed by atoms with Gasteiger partial charge in [-0.2, -0.15) is 0 Å². The van der Waals surface area contributed by atoms with Gasteiger partial charge in [-0.1, -0.05) is 13.3 Å². The first kappa shape index (κ1) is 12.9. The summed E-state index contributed by atoms with van der Waals surface area (Å²) in [5.41, 5.74) is 6.01. The van der Waals surface area contributed by atoms with Gasteiger partial charge in [0, 0.05) is 18.1 Å². The molecule has 18 heavy (non-hydrogen) atoms. The van der Waals surface area contributed by atoms with Crippen molar-refractivity contribution in [2.75, 3.05) is 6.54 Å². The molecule has 2 bridgehead atoms. The van der Waals surface area contributed by atoms with Gasteiger partial charge in [0.1, 0.15) is 0 Å². The lowest BCUT2D eigenvalue weighted by Crippen LogP contribution is -2.55. The molecule has 0 spiro atoms. The van der Waals surface area contributed by atoms with Crippen LogP contribution in [0.3, 0.4) is 0 Å². The maximum absolute atomic E-state index is 9.93. The van der Waals surface area contributed by atoms with E-state index in [1.54, 1.807) is 0 Å². The molecule has 5 atom stereocenters. The van der Waals surface area contributed by atoms with E-state index in [-0.39, 0.29) is 6.10 Å². The molecule has 3 fully saturated rings. The zero-order valence-electron chi connectivity index (χ0n) is 11.6. The zero-order valence-corrected chi connectivity index (χ0v) is 11.6. The maximum atomic E-state index is 9.93. The molecule has 3 heteroatoms. The average Bonchev–Trinajstić information content (AvgIpc) is 2.61. The van der Waals surface area contributed by atoms with Gasteiger partial charge in [0.2, 0.25) is 0 Å². The van der Waals surface area contributed by atoms with Gasteiger partial charge in [-0.3, -0.25) is 4.90 Å². The highest BCUT2D eigenvalue weighted by Gasteiger charge is 2.46. The molecule has 104 valence electrons. The molecule has 3 rings (SSSR count). The molecule has 0 aromatic heterocycles. The Morgan fingerprint density at radius 2 is 1.72 bits per heavy atom. The van der Waals surface area contributed by atoms with Crippen LogP contribution < -0.4 is 5.73 Å². The van der Waals surface area contributed by atoms with Crippen molar-refractivity contribution in [1.82, 2.24) is 4.90 Å². The van der Waals surface area contributed by atoms with Gasteiger partial charge < -0.3 is 10.8 Å². The Hall–Kier alpha value is -0.120. The van der Waals surface area contributed by atoms with Crippen LogP contribution >= 0.6 is 0 Å². The Labute approximate surface area is 111 Å². The summed E-state index contributed by atoms with van der Waals surface area (Å²) in [6.45, 7) is 3.23. The van der Waals surface area contributed by atoms with Crippen molar-refractivity contribution in [3.8, 4) is 0 Å². The minimum Gasteiger partial charge on any atom is -0.393 e. The van der Waals surface area contributed by atoms with Crippen molar-refractivity contribution in [1.29, 1.82) is 0 Å². The fourth-order valence-corrected chi connectivity index (χ4v) is 4.78. The van der Waals surface area contributed by atoms with E-state index in [0.29, 0.717) is 24.0 Å². The number of hydrogen-bond donors (Lipinski definition) is 2. The van der Waals surface area contributed by atoms with Crippen LogP contribution in [0.4, 0.5) is 0 Å². The van der Waals surface area contributed by atoms with Crippen LogP contribution in [0.5, 0.6) is 0 Å². The fraction of sp³-hybridized carbons (Fsp3) is 1.00. The smallest absolute Gasteiger partial charge is 0.0570 e. The lowest BCUT2D eigenvalue weighted by molar-refractivity contribution is -0.0225. The van der Waals surface area contributed by atoms with Crippen LogP contribution in [-0.4, -0.2) is 40.8 Å². The predicted molar refractivity (Wildman–Crippen MR) is 73.2 cm³/mol. The number of fused-ring (bicyclic) bond motifs is 2. The minimum atomic E-state index is -0.0453.